The maximum Gasteiger partial charge on any atom is 0.335 e. The van der Waals surface area contributed by atoms with Gasteiger partial charge >= 0.3 is 5.97 Å². The molecule has 0 radical (unpaired) electrons. The van der Waals surface area contributed by atoms with E-state index in [1.165, 1.54) is 12.1 Å². The minimum absolute atomic E-state index is 0.125. The van der Waals surface area contributed by atoms with E-state index >= 15 is 0 Å². The van der Waals surface area contributed by atoms with Crippen molar-refractivity contribution in [3.63, 3.8) is 0 Å². The molecule has 0 aliphatic carbocycles. The molecule has 1 N–H and O–H groups in total. The third-order valence-electron chi connectivity index (χ3n) is 1.81. The second kappa shape index (κ2) is 4.37. The number of benzene rings is 1. The van der Waals surface area contributed by atoms with Crippen molar-refractivity contribution in [2.75, 3.05) is 0 Å². The first-order valence-electron chi connectivity index (χ1n) is 4.14. The number of allylic oxidation sites excluding steroid dienone is 1. The van der Waals surface area contributed by atoms with Crippen LogP contribution in [0, 0.1) is 0 Å². The van der Waals surface area contributed by atoms with Crippen molar-refractivity contribution in [3.8, 4) is 0 Å². The molecule has 1 rings (SSSR count). The van der Waals surface area contributed by atoms with Gasteiger partial charge in [-0.3, -0.25) is 4.79 Å². The molecule has 0 unspecified atom stereocenters. The van der Waals surface area contributed by atoms with Gasteiger partial charge in [0.25, 0.3) is 0 Å². The van der Waals surface area contributed by atoms with Gasteiger partial charge in [0.05, 0.1) is 5.56 Å². The zero-order chi connectivity index (χ0) is 10.6. The minimum atomic E-state index is -1.03. The molecule has 0 spiro atoms. The van der Waals surface area contributed by atoms with Crippen LogP contribution in [0.15, 0.2) is 24.3 Å². The average molecular weight is 190 g/mol. The maximum atomic E-state index is 10.7. The summed E-state index contributed by atoms with van der Waals surface area (Å²) >= 11 is 0. The van der Waals surface area contributed by atoms with Crippen molar-refractivity contribution >= 4 is 18.3 Å². The van der Waals surface area contributed by atoms with E-state index in [4.69, 9.17) is 5.11 Å². The molecule has 0 aromatic heterocycles. The minimum Gasteiger partial charge on any atom is -0.478 e. The number of hydrogen-bond acceptors (Lipinski definition) is 2. The number of aldehydes is 1. The first-order valence-corrected chi connectivity index (χ1v) is 4.14. The number of rotatable bonds is 3. The number of carbonyl (C=O) groups is 2. The summed E-state index contributed by atoms with van der Waals surface area (Å²) in [6.45, 7) is 1.83. The molecular weight excluding hydrogens is 180 g/mol. The Bertz CT molecular complexity index is 392. The van der Waals surface area contributed by atoms with Gasteiger partial charge in [-0.2, -0.15) is 0 Å². The fourth-order valence-electron chi connectivity index (χ4n) is 1.14. The quantitative estimate of drug-likeness (QED) is 0.743. The number of carboxylic acid groups (broad SMARTS) is 1. The van der Waals surface area contributed by atoms with E-state index in [2.05, 4.69) is 0 Å². The van der Waals surface area contributed by atoms with Gasteiger partial charge in [-0.25, -0.2) is 4.79 Å². The van der Waals surface area contributed by atoms with Crippen molar-refractivity contribution in [2.24, 2.45) is 0 Å². The van der Waals surface area contributed by atoms with Crippen LogP contribution in [0.1, 0.15) is 33.2 Å². The molecule has 0 saturated heterocycles. The topological polar surface area (TPSA) is 54.4 Å². The van der Waals surface area contributed by atoms with Crippen LogP contribution < -0.4 is 0 Å². The van der Waals surface area contributed by atoms with E-state index in [9.17, 15) is 9.59 Å². The van der Waals surface area contributed by atoms with E-state index in [0.717, 1.165) is 5.56 Å². The highest BCUT2D eigenvalue weighted by Gasteiger charge is 2.05. The van der Waals surface area contributed by atoms with Crippen LogP contribution in [-0.2, 0) is 0 Å². The van der Waals surface area contributed by atoms with Crippen LogP contribution in [0.3, 0.4) is 0 Å². The summed E-state index contributed by atoms with van der Waals surface area (Å²) in [5.41, 5.74) is 1.25. The Kier molecular flexibility index (Phi) is 3.18. The molecule has 3 heteroatoms. The van der Waals surface area contributed by atoms with Gasteiger partial charge in [0.1, 0.15) is 0 Å². The van der Waals surface area contributed by atoms with Gasteiger partial charge in [0.2, 0.25) is 0 Å². The van der Waals surface area contributed by atoms with Crippen LogP contribution in [0.2, 0.25) is 0 Å². The summed E-state index contributed by atoms with van der Waals surface area (Å²) in [5.74, 6) is -1.03. The zero-order valence-corrected chi connectivity index (χ0v) is 7.73. The van der Waals surface area contributed by atoms with Gasteiger partial charge in [0, 0.05) is 5.56 Å². The Morgan fingerprint density at radius 1 is 1.36 bits per heavy atom. The van der Waals surface area contributed by atoms with Crippen molar-refractivity contribution in [1.29, 1.82) is 0 Å². The SMILES string of the molecule is CC=Cc1ccc(C(=O)O)cc1C=O. The lowest BCUT2D eigenvalue weighted by atomic mass is 10.0. The molecule has 0 atom stereocenters. The van der Waals surface area contributed by atoms with Crippen LogP contribution in [0.4, 0.5) is 0 Å². The predicted octanol–water partition coefficient (Wildman–Crippen LogP) is 2.23. The van der Waals surface area contributed by atoms with Gasteiger partial charge in [-0.1, -0.05) is 18.2 Å². The highest BCUT2D eigenvalue weighted by atomic mass is 16.4. The molecule has 72 valence electrons. The van der Waals surface area contributed by atoms with Gasteiger partial charge in [0.15, 0.2) is 6.29 Å². The Hall–Kier alpha value is -1.90. The molecule has 0 heterocycles. The summed E-state index contributed by atoms with van der Waals surface area (Å²) in [4.78, 5) is 21.3. The molecule has 1 aromatic carbocycles. The normalized spacial score (nSPS) is 10.4. The van der Waals surface area contributed by atoms with Crippen molar-refractivity contribution in [1.82, 2.24) is 0 Å². The molecule has 1 aromatic rings. The predicted molar refractivity (Wildman–Crippen MR) is 53.5 cm³/mol. The zero-order valence-electron chi connectivity index (χ0n) is 7.73. The highest BCUT2D eigenvalue weighted by molar-refractivity contribution is 5.92. The van der Waals surface area contributed by atoms with Gasteiger partial charge < -0.3 is 5.11 Å². The maximum absolute atomic E-state index is 10.7. The van der Waals surface area contributed by atoms with Crippen LogP contribution in [-0.4, -0.2) is 17.4 Å². The first-order chi connectivity index (χ1) is 6.69. The molecule has 0 fully saturated rings. The van der Waals surface area contributed by atoms with E-state index in [-0.39, 0.29) is 5.56 Å². The summed E-state index contributed by atoms with van der Waals surface area (Å²) < 4.78 is 0. The molecule has 0 bridgehead atoms. The van der Waals surface area contributed by atoms with Gasteiger partial charge in [-0.05, 0) is 24.6 Å². The Morgan fingerprint density at radius 2 is 2.07 bits per heavy atom. The van der Waals surface area contributed by atoms with Crippen molar-refractivity contribution in [3.05, 3.63) is 41.0 Å². The number of hydrogen-bond donors (Lipinski definition) is 1. The molecular formula is C11H10O3. The number of carbonyl (C=O) groups excluding carboxylic acids is 1. The van der Waals surface area contributed by atoms with Crippen molar-refractivity contribution < 1.29 is 14.7 Å². The smallest absolute Gasteiger partial charge is 0.335 e. The summed E-state index contributed by atoms with van der Waals surface area (Å²) in [6.07, 6.45) is 4.21. The highest BCUT2D eigenvalue weighted by Crippen LogP contribution is 2.12. The van der Waals surface area contributed by atoms with E-state index < -0.39 is 5.97 Å². The number of aromatic carboxylic acids is 1. The Morgan fingerprint density at radius 3 is 2.57 bits per heavy atom. The van der Waals surface area contributed by atoms with Crippen molar-refractivity contribution in [2.45, 2.75) is 6.92 Å². The molecule has 0 aliphatic heterocycles. The fourth-order valence-corrected chi connectivity index (χ4v) is 1.14. The molecule has 14 heavy (non-hydrogen) atoms. The fraction of sp³-hybridized carbons (Fsp3) is 0.0909. The largest absolute Gasteiger partial charge is 0.478 e. The molecule has 0 aliphatic rings. The Labute approximate surface area is 81.7 Å². The summed E-state index contributed by atoms with van der Waals surface area (Å²) in [7, 11) is 0. The van der Waals surface area contributed by atoms with Crippen LogP contribution in [0.25, 0.3) is 6.08 Å². The average Bonchev–Trinajstić information content (AvgIpc) is 2.18. The summed E-state index contributed by atoms with van der Waals surface area (Å²) in [6, 6.07) is 4.46. The molecule has 0 amide bonds. The lowest BCUT2D eigenvalue weighted by Crippen LogP contribution is -1.98. The third kappa shape index (κ3) is 2.07. The van der Waals surface area contributed by atoms with Gasteiger partial charge in [-0.15, -0.1) is 0 Å². The van der Waals surface area contributed by atoms with E-state index in [0.29, 0.717) is 11.8 Å². The third-order valence-corrected chi connectivity index (χ3v) is 1.81. The van der Waals surface area contributed by atoms with Crippen LogP contribution >= 0.6 is 0 Å². The second-order valence-electron chi connectivity index (χ2n) is 2.77. The summed E-state index contributed by atoms with van der Waals surface area (Å²) in [5, 5.41) is 8.69. The lowest BCUT2D eigenvalue weighted by Gasteiger charge is -2.00. The second-order valence-corrected chi connectivity index (χ2v) is 2.77. The Balaban J connectivity index is 3.24. The van der Waals surface area contributed by atoms with Crippen LogP contribution in [0.5, 0.6) is 0 Å². The monoisotopic (exact) mass is 190 g/mol. The van der Waals surface area contributed by atoms with E-state index in [1.807, 2.05) is 6.92 Å². The number of carboxylic acids is 1. The molecule has 0 saturated carbocycles. The standard InChI is InChI=1S/C11H10O3/c1-2-3-8-4-5-9(11(13)14)6-10(8)7-12/h2-7H,1H3,(H,13,14). The first kappa shape index (κ1) is 10.2. The lowest BCUT2D eigenvalue weighted by molar-refractivity contribution is 0.0697. The molecule has 3 nitrogen and oxygen atoms in total. The van der Waals surface area contributed by atoms with E-state index in [1.54, 1.807) is 18.2 Å².